The molecule has 1 aromatic carbocycles. The summed E-state index contributed by atoms with van der Waals surface area (Å²) in [5, 5.41) is 11.7. The zero-order chi connectivity index (χ0) is 13.9. The Kier molecular flexibility index (Phi) is 3.28. The van der Waals surface area contributed by atoms with Crippen LogP contribution in [0.25, 0.3) is 22.4 Å². The zero-order valence-electron chi connectivity index (χ0n) is 11.5. The maximum absolute atomic E-state index is 4.42. The lowest BCUT2D eigenvalue weighted by molar-refractivity contribution is 0.770. The number of para-hydroxylation sites is 1. The minimum absolute atomic E-state index is 0.783. The molecule has 3 rings (SSSR count). The van der Waals surface area contributed by atoms with E-state index in [0.29, 0.717) is 0 Å². The Balaban J connectivity index is 2.21. The Morgan fingerprint density at radius 2 is 1.95 bits per heavy atom. The number of nitrogens with zero attached hydrogens (tertiary/aromatic N) is 5. The van der Waals surface area contributed by atoms with Gasteiger partial charge < -0.3 is 5.32 Å². The van der Waals surface area contributed by atoms with Crippen LogP contribution in [-0.2, 0) is 6.54 Å². The second-order valence-corrected chi connectivity index (χ2v) is 4.35. The Labute approximate surface area is 116 Å². The summed E-state index contributed by atoms with van der Waals surface area (Å²) in [4.78, 5) is 8.75. The van der Waals surface area contributed by atoms with Gasteiger partial charge in [-0.2, -0.15) is 0 Å². The van der Waals surface area contributed by atoms with Gasteiger partial charge in [0.15, 0.2) is 5.82 Å². The third kappa shape index (κ3) is 1.99. The highest BCUT2D eigenvalue weighted by Gasteiger charge is 2.15. The van der Waals surface area contributed by atoms with Crippen molar-refractivity contribution in [2.45, 2.75) is 20.4 Å². The molecule has 0 unspecified atom stereocenters. The third-order valence-corrected chi connectivity index (χ3v) is 3.14. The lowest BCUT2D eigenvalue weighted by Gasteiger charge is -2.09. The largest absolute Gasteiger partial charge is 0.355 e. The number of nitrogens with one attached hydrogen (secondary N) is 1. The molecule has 0 amide bonds. The van der Waals surface area contributed by atoms with Gasteiger partial charge in [0.05, 0.1) is 11.0 Å². The van der Waals surface area contributed by atoms with E-state index in [1.165, 1.54) is 0 Å². The van der Waals surface area contributed by atoms with Gasteiger partial charge in [-0.25, -0.2) is 0 Å². The van der Waals surface area contributed by atoms with E-state index < -0.39 is 0 Å². The molecule has 1 N–H and O–H groups in total. The van der Waals surface area contributed by atoms with Crippen LogP contribution in [-0.4, -0.2) is 31.3 Å². The summed E-state index contributed by atoms with van der Waals surface area (Å²) in [5.41, 5.74) is 2.66. The second-order valence-electron chi connectivity index (χ2n) is 4.35. The van der Waals surface area contributed by atoms with Crippen LogP contribution in [0.1, 0.15) is 13.8 Å². The van der Waals surface area contributed by atoms with Crippen molar-refractivity contribution >= 4 is 17.0 Å². The first-order chi connectivity index (χ1) is 9.85. The van der Waals surface area contributed by atoms with Crippen molar-refractivity contribution in [1.82, 2.24) is 24.7 Å². The van der Waals surface area contributed by atoms with E-state index in [1.807, 2.05) is 29.7 Å². The quantitative estimate of drug-likeness (QED) is 0.786. The van der Waals surface area contributed by atoms with Crippen LogP contribution in [0.3, 0.4) is 0 Å². The third-order valence-electron chi connectivity index (χ3n) is 3.14. The van der Waals surface area contributed by atoms with Crippen LogP contribution in [0.15, 0.2) is 30.6 Å². The molecule has 20 heavy (non-hydrogen) atoms. The summed E-state index contributed by atoms with van der Waals surface area (Å²) in [5.74, 6) is 1.60. The number of anilines is 1. The molecule has 0 fully saturated rings. The van der Waals surface area contributed by atoms with Crippen molar-refractivity contribution < 1.29 is 0 Å². The molecule has 6 heteroatoms. The summed E-state index contributed by atoms with van der Waals surface area (Å²) in [6, 6.07) is 5.92. The molecule has 0 bridgehead atoms. The summed E-state index contributed by atoms with van der Waals surface area (Å²) >= 11 is 0. The van der Waals surface area contributed by atoms with Crippen LogP contribution in [0.4, 0.5) is 5.95 Å². The number of rotatable bonds is 4. The van der Waals surface area contributed by atoms with Gasteiger partial charge >= 0.3 is 0 Å². The minimum Gasteiger partial charge on any atom is -0.355 e. The van der Waals surface area contributed by atoms with E-state index >= 15 is 0 Å². The van der Waals surface area contributed by atoms with E-state index in [2.05, 4.69) is 32.4 Å². The van der Waals surface area contributed by atoms with Crippen molar-refractivity contribution in [3.8, 4) is 11.4 Å². The first kappa shape index (κ1) is 12.5. The molecule has 0 aliphatic carbocycles. The van der Waals surface area contributed by atoms with Gasteiger partial charge in [-0.15, -0.1) is 10.2 Å². The number of aromatic nitrogens is 5. The maximum atomic E-state index is 4.42. The first-order valence-electron chi connectivity index (χ1n) is 6.72. The van der Waals surface area contributed by atoms with Gasteiger partial charge in [0.1, 0.15) is 0 Å². The average molecular weight is 268 g/mol. The van der Waals surface area contributed by atoms with Gasteiger partial charge in [0.2, 0.25) is 5.95 Å². The van der Waals surface area contributed by atoms with Crippen LogP contribution in [0.5, 0.6) is 0 Å². The van der Waals surface area contributed by atoms with E-state index in [9.17, 15) is 0 Å². The standard InChI is InChI=1S/C14H16N6/c1-3-15-14-19-18-13(20(14)4-2)10-6-5-7-11-12(10)17-9-8-16-11/h5-9H,3-4H2,1-2H3,(H,15,19). The summed E-state index contributed by atoms with van der Waals surface area (Å²) in [6.07, 6.45) is 3.39. The van der Waals surface area contributed by atoms with E-state index in [1.54, 1.807) is 12.4 Å². The highest BCUT2D eigenvalue weighted by atomic mass is 15.3. The summed E-state index contributed by atoms with van der Waals surface area (Å²) in [6.45, 7) is 5.72. The van der Waals surface area contributed by atoms with Crippen molar-refractivity contribution in [2.75, 3.05) is 11.9 Å². The molecule has 6 nitrogen and oxygen atoms in total. The van der Waals surface area contributed by atoms with Crippen molar-refractivity contribution in [1.29, 1.82) is 0 Å². The van der Waals surface area contributed by atoms with Crippen LogP contribution >= 0.6 is 0 Å². The predicted octanol–water partition coefficient (Wildman–Crippen LogP) is 2.34. The lowest BCUT2D eigenvalue weighted by atomic mass is 10.1. The number of hydrogen-bond donors (Lipinski definition) is 1. The molecule has 0 radical (unpaired) electrons. The molecule has 0 spiro atoms. The van der Waals surface area contributed by atoms with Gasteiger partial charge in [0, 0.05) is 31.0 Å². The molecule has 0 atom stereocenters. The van der Waals surface area contributed by atoms with Gasteiger partial charge in [-0.1, -0.05) is 6.07 Å². The van der Waals surface area contributed by atoms with Gasteiger partial charge in [-0.3, -0.25) is 14.5 Å². The smallest absolute Gasteiger partial charge is 0.224 e. The molecular formula is C14H16N6. The average Bonchev–Trinajstić information content (AvgIpc) is 2.89. The van der Waals surface area contributed by atoms with Gasteiger partial charge in [-0.05, 0) is 26.0 Å². The Morgan fingerprint density at radius 1 is 1.10 bits per heavy atom. The van der Waals surface area contributed by atoms with Crippen LogP contribution in [0.2, 0.25) is 0 Å². The minimum atomic E-state index is 0.783. The Bertz CT molecular complexity index is 728. The number of benzene rings is 1. The second kappa shape index (κ2) is 5.24. The molecule has 2 aromatic heterocycles. The molecule has 0 aliphatic rings. The predicted molar refractivity (Wildman–Crippen MR) is 78.4 cm³/mol. The molecule has 102 valence electrons. The van der Waals surface area contributed by atoms with E-state index in [4.69, 9.17) is 0 Å². The molecule has 0 aliphatic heterocycles. The molecule has 0 saturated heterocycles. The molecular weight excluding hydrogens is 252 g/mol. The highest BCUT2D eigenvalue weighted by Crippen LogP contribution is 2.26. The SMILES string of the molecule is CCNc1nnc(-c2cccc3nccnc23)n1CC. The van der Waals surface area contributed by atoms with Gasteiger partial charge in [0.25, 0.3) is 0 Å². The highest BCUT2D eigenvalue weighted by molar-refractivity contribution is 5.89. The lowest BCUT2D eigenvalue weighted by Crippen LogP contribution is -2.07. The summed E-state index contributed by atoms with van der Waals surface area (Å²) < 4.78 is 2.05. The number of hydrogen-bond acceptors (Lipinski definition) is 5. The first-order valence-corrected chi connectivity index (χ1v) is 6.72. The Hall–Kier alpha value is -2.50. The normalized spacial score (nSPS) is 10.9. The fourth-order valence-electron chi connectivity index (χ4n) is 2.26. The number of fused-ring (bicyclic) bond motifs is 1. The monoisotopic (exact) mass is 268 g/mol. The molecule has 2 heterocycles. The Morgan fingerprint density at radius 3 is 2.75 bits per heavy atom. The fraction of sp³-hybridized carbons (Fsp3) is 0.286. The topological polar surface area (TPSA) is 68.5 Å². The fourth-order valence-corrected chi connectivity index (χ4v) is 2.26. The van der Waals surface area contributed by atoms with Crippen molar-refractivity contribution in [2.24, 2.45) is 0 Å². The van der Waals surface area contributed by atoms with Crippen LogP contribution < -0.4 is 5.32 Å². The maximum Gasteiger partial charge on any atom is 0.224 e. The summed E-state index contributed by atoms with van der Waals surface area (Å²) in [7, 11) is 0. The van der Waals surface area contributed by atoms with Crippen molar-refractivity contribution in [3.63, 3.8) is 0 Å². The van der Waals surface area contributed by atoms with E-state index in [0.717, 1.165) is 41.5 Å². The van der Waals surface area contributed by atoms with Crippen LogP contribution in [0, 0.1) is 0 Å². The van der Waals surface area contributed by atoms with Crippen molar-refractivity contribution in [3.05, 3.63) is 30.6 Å². The molecule has 3 aromatic rings. The molecule has 0 saturated carbocycles. The zero-order valence-corrected chi connectivity index (χ0v) is 11.5. The van der Waals surface area contributed by atoms with E-state index in [-0.39, 0.29) is 0 Å².